The Labute approximate surface area is 110 Å². The summed E-state index contributed by atoms with van der Waals surface area (Å²) in [6, 6.07) is 12.6. The van der Waals surface area contributed by atoms with Crippen LogP contribution in [-0.4, -0.2) is 16.9 Å². The van der Waals surface area contributed by atoms with E-state index >= 15 is 0 Å². The summed E-state index contributed by atoms with van der Waals surface area (Å²) in [5, 5.41) is 0. The van der Waals surface area contributed by atoms with Gasteiger partial charge in [0.2, 0.25) is 0 Å². The number of rotatable bonds is 4. The zero-order valence-corrected chi connectivity index (χ0v) is 11.4. The molecule has 0 aliphatic rings. The molecule has 0 aliphatic carbocycles. The van der Waals surface area contributed by atoms with Crippen molar-refractivity contribution in [3.05, 3.63) is 64.4 Å². The van der Waals surface area contributed by atoms with Crippen molar-refractivity contribution in [3.63, 3.8) is 0 Å². The molecule has 0 saturated carbocycles. The first-order chi connectivity index (χ1) is 8.24. The fourth-order valence-electron chi connectivity index (χ4n) is 1.76. The van der Waals surface area contributed by atoms with E-state index in [-0.39, 0.29) is 0 Å². The van der Waals surface area contributed by atoms with E-state index in [4.69, 9.17) is 0 Å². The van der Waals surface area contributed by atoms with Crippen LogP contribution in [0, 0.1) is 0 Å². The molecule has 0 radical (unpaired) electrons. The summed E-state index contributed by atoms with van der Waals surface area (Å²) in [7, 11) is 2.13. The number of halogens is 1. The Hall–Kier alpha value is -1.19. The van der Waals surface area contributed by atoms with Gasteiger partial charge in [-0.05, 0) is 42.4 Å². The standard InChI is InChI=1S/C14H15BrN2/c1-17(11-13-6-8-16-9-7-13)10-12-2-4-14(15)5-3-12/h2-9H,10-11H2,1H3. The van der Waals surface area contributed by atoms with Gasteiger partial charge >= 0.3 is 0 Å². The molecule has 3 heteroatoms. The van der Waals surface area contributed by atoms with Crippen LogP contribution in [0.25, 0.3) is 0 Å². The van der Waals surface area contributed by atoms with E-state index in [2.05, 4.69) is 69.3 Å². The second kappa shape index (κ2) is 5.94. The molecule has 0 N–H and O–H groups in total. The SMILES string of the molecule is CN(Cc1ccncc1)Cc1ccc(Br)cc1. The predicted molar refractivity (Wildman–Crippen MR) is 73.6 cm³/mol. The minimum Gasteiger partial charge on any atom is -0.298 e. The monoisotopic (exact) mass is 290 g/mol. The molecule has 2 aromatic rings. The van der Waals surface area contributed by atoms with Crippen LogP contribution < -0.4 is 0 Å². The van der Waals surface area contributed by atoms with Crippen LogP contribution in [-0.2, 0) is 13.1 Å². The summed E-state index contributed by atoms with van der Waals surface area (Å²) in [4.78, 5) is 6.31. The molecule has 88 valence electrons. The Bertz CT molecular complexity index is 453. The van der Waals surface area contributed by atoms with E-state index in [1.165, 1.54) is 11.1 Å². The summed E-state index contributed by atoms with van der Waals surface area (Å²) < 4.78 is 1.12. The lowest BCUT2D eigenvalue weighted by Gasteiger charge is -2.16. The normalized spacial score (nSPS) is 10.8. The molecule has 1 aromatic carbocycles. The van der Waals surface area contributed by atoms with Crippen molar-refractivity contribution in [1.29, 1.82) is 0 Å². The lowest BCUT2D eigenvalue weighted by molar-refractivity contribution is 0.319. The van der Waals surface area contributed by atoms with E-state index in [9.17, 15) is 0 Å². The number of benzene rings is 1. The predicted octanol–water partition coefficient (Wildman–Crippen LogP) is 3.48. The van der Waals surface area contributed by atoms with Crippen molar-refractivity contribution in [2.24, 2.45) is 0 Å². The van der Waals surface area contributed by atoms with Crippen LogP contribution in [0.15, 0.2) is 53.3 Å². The maximum absolute atomic E-state index is 4.02. The zero-order valence-electron chi connectivity index (χ0n) is 9.81. The van der Waals surface area contributed by atoms with E-state index in [1.807, 2.05) is 12.4 Å². The summed E-state index contributed by atoms with van der Waals surface area (Å²) in [5.41, 5.74) is 2.62. The van der Waals surface area contributed by atoms with Gasteiger partial charge in [0.25, 0.3) is 0 Å². The number of hydrogen-bond donors (Lipinski definition) is 0. The Balaban J connectivity index is 1.93. The van der Waals surface area contributed by atoms with E-state index < -0.39 is 0 Å². The van der Waals surface area contributed by atoms with Crippen molar-refractivity contribution in [2.75, 3.05) is 7.05 Å². The average molecular weight is 291 g/mol. The molecule has 0 spiro atoms. The van der Waals surface area contributed by atoms with Crippen molar-refractivity contribution in [2.45, 2.75) is 13.1 Å². The molecule has 17 heavy (non-hydrogen) atoms. The summed E-state index contributed by atoms with van der Waals surface area (Å²) in [5.74, 6) is 0. The van der Waals surface area contributed by atoms with E-state index in [0.717, 1.165) is 17.6 Å². The number of pyridine rings is 1. The van der Waals surface area contributed by atoms with Crippen LogP contribution in [0.2, 0.25) is 0 Å². The van der Waals surface area contributed by atoms with Crippen molar-refractivity contribution in [3.8, 4) is 0 Å². The molecule has 0 saturated heterocycles. The Kier molecular flexibility index (Phi) is 4.29. The first kappa shape index (κ1) is 12.3. The molecular formula is C14H15BrN2. The zero-order chi connectivity index (χ0) is 12.1. The molecule has 0 fully saturated rings. The smallest absolute Gasteiger partial charge is 0.0271 e. The molecular weight excluding hydrogens is 276 g/mol. The summed E-state index contributed by atoms with van der Waals surface area (Å²) in [6.45, 7) is 1.90. The second-order valence-corrected chi connectivity index (χ2v) is 5.07. The third-order valence-corrected chi connectivity index (χ3v) is 3.10. The van der Waals surface area contributed by atoms with Gasteiger partial charge in [-0.3, -0.25) is 9.88 Å². The fraction of sp³-hybridized carbons (Fsp3) is 0.214. The van der Waals surface area contributed by atoms with Gasteiger partial charge in [-0.25, -0.2) is 0 Å². The number of nitrogens with zero attached hydrogens (tertiary/aromatic N) is 2. The Morgan fingerprint density at radius 1 is 0.941 bits per heavy atom. The minimum atomic E-state index is 0.943. The molecule has 0 bridgehead atoms. The maximum atomic E-state index is 4.02. The first-order valence-electron chi connectivity index (χ1n) is 5.56. The van der Waals surface area contributed by atoms with Crippen LogP contribution in [0.5, 0.6) is 0 Å². The Morgan fingerprint density at radius 3 is 2.06 bits per heavy atom. The molecule has 2 nitrogen and oxygen atoms in total. The lowest BCUT2D eigenvalue weighted by atomic mass is 10.2. The highest BCUT2D eigenvalue weighted by atomic mass is 79.9. The highest BCUT2D eigenvalue weighted by Crippen LogP contribution is 2.12. The highest BCUT2D eigenvalue weighted by molar-refractivity contribution is 9.10. The van der Waals surface area contributed by atoms with Crippen molar-refractivity contribution in [1.82, 2.24) is 9.88 Å². The maximum Gasteiger partial charge on any atom is 0.0271 e. The molecule has 1 aromatic heterocycles. The molecule has 2 rings (SSSR count). The quantitative estimate of drug-likeness (QED) is 0.857. The van der Waals surface area contributed by atoms with Crippen LogP contribution in [0.4, 0.5) is 0 Å². The van der Waals surface area contributed by atoms with Gasteiger partial charge in [-0.15, -0.1) is 0 Å². The largest absolute Gasteiger partial charge is 0.298 e. The average Bonchev–Trinajstić information content (AvgIpc) is 2.33. The fourth-order valence-corrected chi connectivity index (χ4v) is 2.02. The minimum absolute atomic E-state index is 0.943. The lowest BCUT2D eigenvalue weighted by Crippen LogP contribution is -2.17. The van der Waals surface area contributed by atoms with Gasteiger partial charge in [0, 0.05) is 30.0 Å². The molecule has 0 unspecified atom stereocenters. The molecule has 0 aliphatic heterocycles. The second-order valence-electron chi connectivity index (χ2n) is 4.15. The highest BCUT2D eigenvalue weighted by Gasteiger charge is 2.01. The van der Waals surface area contributed by atoms with Gasteiger partial charge in [-0.2, -0.15) is 0 Å². The summed E-state index contributed by atoms with van der Waals surface area (Å²) >= 11 is 3.44. The van der Waals surface area contributed by atoms with Crippen LogP contribution in [0.3, 0.4) is 0 Å². The van der Waals surface area contributed by atoms with Gasteiger partial charge in [0.05, 0.1) is 0 Å². The van der Waals surface area contributed by atoms with Crippen molar-refractivity contribution >= 4 is 15.9 Å². The third kappa shape index (κ3) is 3.95. The molecule has 1 heterocycles. The summed E-state index contributed by atoms with van der Waals surface area (Å²) in [6.07, 6.45) is 3.67. The third-order valence-electron chi connectivity index (χ3n) is 2.57. The van der Waals surface area contributed by atoms with Gasteiger partial charge in [0.1, 0.15) is 0 Å². The van der Waals surface area contributed by atoms with Gasteiger partial charge in [-0.1, -0.05) is 28.1 Å². The van der Waals surface area contributed by atoms with E-state index in [0.29, 0.717) is 0 Å². The first-order valence-corrected chi connectivity index (χ1v) is 6.35. The molecule has 0 amide bonds. The number of aromatic nitrogens is 1. The van der Waals surface area contributed by atoms with Gasteiger partial charge < -0.3 is 0 Å². The van der Waals surface area contributed by atoms with Crippen LogP contribution in [0.1, 0.15) is 11.1 Å². The number of hydrogen-bond acceptors (Lipinski definition) is 2. The van der Waals surface area contributed by atoms with Crippen LogP contribution >= 0.6 is 15.9 Å². The Morgan fingerprint density at radius 2 is 1.47 bits per heavy atom. The molecule has 0 atom stereocenters. The topological polar surface area (TPSA) is 16.1 Å². The van der Waals surface area contributed by atoms with E-state index in [1.54, 1.807) is 0 Å². The van der Waals surface area contributed by atoms with Crippen molar-refractivity contribution < 1.29 is 0 Å². The van der Waals surface area contributed by atoms with Gasteiger partial charge in [0.15, 0.2) is 0 Å².